The second kappa shape index (κ2) is 8.48. The molecule has 0 aliphatic heterocycles. The van der Waals surface area contributed by atoms with Crippen molar-refractivity contribution in [2.75, 3.05) is 10.0 Å². The van der Waals surface area contributed by atoms with Gasteiger partial charge in [-0.2, -0.15) is 0 Å². The molecule has 0 radical (unpaired) electrons. The number of halogens is 2. The van der Waals surface area contributed by atoms with Crippen LogP contribution in [-0.2, 0) is 10.0 Å². The van der Waals surface area contributed by atoms with E-state index in [4.69, 9.17) is 11.6 Å². The highest BCUT2D eigenvalue weighted by Gasteiger charge is 2.21. The molecule has 10 heteroatoms. The second-order valence-corrected chi connectivity index (χ2v) is 9.36. The minimum absolute atomic E-state index is 0.0486. The molecule has 3 aromatic rings. The maximum absolute atomic E-state index is 13.0. The lowest BCUT2D eigenvalue weighted by Crippen LogP contribution is -2.16. The molecular weight excluding hydrogens is 437 g/mol. The predicted octanol–water partition coefficient (Wildman–Crippen LogP) is 5.11. The Hall–Kier alpha value is -2.49. The quantitative estimate of drug-likeness (QED) is 0.542. The summed E-state index contributed by atoms with van der Waals surface area (Å²) >= 11 is 7.34. The zero-order valence-corrected chi connectivity index (χ0v) is 17.8. The standard InChI is InChI=1S/C19H17ClFN3O3S2/c1-11(2)16-10-28-19(22-16)23-18(25)12-3-8-15(20)17(9-12)29(26,27)24-14-6-4-13(21)5-7-14/h3-11,24H,1-2H3,(H,22,23,25). The van der Waals surface area contributed by atoms with Crippen molar-refractivity contribution in [3.63, 3.8) is 0 Å². The van der Waals surface area contributed by atoms with Crippen LogP contribution in [0.5, 0.6) is 0 Å². The van der Waals surface area contributed by atoms with Crippen molar-refractivity contribution in [3.05, 3.63) is 69.9 Å². The number of nitrogens with one attached hydrogen (secondary N) is 2. The van der Waals surface area contributed by atoms with Gasteiger partial charge in [-0.3, -0.25) is 14.8 Å². The van der Waals surface area contributed by atoms with E-state index < -0.39 is 21.7 Å². The van der Waals surface area contributed by atoms with Gasteiger partial charge in [0.25, 0.3) is 15.9 Å². The first-order valence-corrected chi connectivity index (χ1v) is 11.2. The lowest BCUT2D eigenvalue weighted by molar-refractivity contribution is 0.102. The number of carbonyl (C=O) groups is 1. The summed E-state index contributed by atoms with van der Waals surface area (Å²) in [6, 6.07) is 8.76. The molecule has 2 aromatic carbocycles. The van der Waals surface area contributed by atoms with E-state index >= 15 is 0 Å². The maximum Gasteiger partial charge on any atom is 0.263 e. The molecule has 152 valence electrons. The molecule has 1 aromatic heterocycles. The number of benzene rings is 2. The summed E-state index contributed by atoms with van der Waals surface area (Å²) < 4.78 is 40.7. The summed E-state index contributed by atoms with van der Waals surface area (Å²) in [5, 5.41) is 4.88. The number of thiazole rings is 1. The van der Waals surface area contributed by atoms with Crippen molar-refractivity contribution in [2.45, 2.75) is 24.7 Å². The second-order valence-electron chi connectivity index (χ2n) is 6.44. The fourth-order valence-electron chi connectivity index (χ4n) is 2.36. The molecule has 0 unspecified atom stereocenters. The monoisotopic (exact) mass is 453 g/mol. The van der Waals surface area contributed by atoms with Crippen LogP contribution in [0, 0.1) is 5.82 Å². The zero-order valence-electron chi connectivity index (χ0n) is 15.4. The van der Waals surface area contributed by atoms with E-state index in [1.807, 2.05) is 19.2 Å². The molecule has 3 rings (SSSR count). The number of anilines is 2. The summed E-state index contributed by atoms with van der Waals surface area (Å²) in [6.45, 7) is 3.98. The van der Waals surface area contributed by atoms with Gasteiger partial charge in [-0.1, -0.05) is 25.4 Å². The van der Waals surface area contributed by atoms with Gasteiger partial charge in [-0.15, -0.1) is 11.3 Å². The summed E-state index contributed by atoms with van der Waals surface area (Å²) in [6.07, 6.45) is 0. The SMILES string of the molecule is CC(C)c1csc(NC(=O)c2ccc(Cl)c(S(=O)(=O)Nc3ccc(F)cc3)c2)n1. The first-order chi connectivity index (χ1) is 13.7. The molecule has 0 fully saturated rings. The van der Waals surface area contributed by atoms with E-state index in [0.717, 1.165) is 17.8 Å². The topological polar surface area (TPSA) is 88.2 Å². The van der Waals surface area contributed by atoms with Crippen molar-refractivity contribution in [1.29, 1.82) is 0 Å². The number of amides is 1. The van der Waals surface area contributed by atoms with E-state index in [0.29, 0.717) is 5.13 Å². The van der Waals surface area contributed by atoms with Gasteiger partial charge in [0.1, 0.15) is 10.7 Å². The van der Waals surface area contributed by atoms with E-state index in [9.17, 15) is 17.6 Å². The molecule has 29 heavy (non-hydrogen) atoms. The molecule has 0 aliphatic carbocycles. The number of carbonyl (C=O) groups excluding carboxylic acids is 1. The van der Waals surface area contributed by atoms with Crippen LogP contribution in [0.4, 0.5) is 15.2 Å². The van der Waals surface area contributed by atoms with Gasteiger partial charge < -0.3 is 0 Å². The highest BCUT2D eigenvalue weighted by Crippen LogP contribution is 2.26. The molecule has 1 heterocycles. The average Bonchev–Trinajstić information content (AvgIpc) is 3.12. The largest absolute Gasteiger partial charge is 0.298 e. The molecule has 0 saturated heterocycles. The molecular formula is C19H17ClFN3O3S2. The van der Waals surface area contributed by atoms with Crippen LogP contribution in [0.25, 0.3) is 0 Å². The molecule has 2 N–H and O–H groups in total. The zero-order chi connectivity index (χ0) is 21.2. The lowest BCUT2D eigenvalue weighted by atomic mass is 10.2. The fraction of sp³-hybridized carbons (Fsp3) is 0.158. The summed E-state index contributed by atoms with van der Waals surface area (Å²) in [4.78, 5) is 16.6. The number of sulfonamides is 1. The average molecular weight is 454 g/mol. The lowest BCUT2D eigenvalue weighted by Gasteiger charge is -2.11. The fourth-order valence-corrected chi connectivity index (χ4v) is 4.81. The molecule has 6 nitrogen and oxygen atoms in total. The summed E-state index contributed by atoms with van der Waals surface area (Å²) in [5.74, 6) is -0.779. The third-order valence-electron chi connectivity index (χ3n) is 3.91. The molecule has 0 bridgehead atoms. The minimum Gasteiger partial charge on any atom is -0.298 e. The first-order valence-electron chi connectivity index (χ1n) is 8.50. The Morgan fingerprint density at radius 1 is 1.17 bits per heavy atom. The van der Waals surface area contributed by atoms with Crippen molar-refractivity contribution >= 4 is 49.7 Å². The number of hydrogen-bond donors (Lipinski definition) is 2. The summed E-state index contributed by atoms with van der Waals surface area (Å²) in [7, 11) is -4.09. The molecule has 1 amide bonds. The number of nitrogens with zero attached hydrogens (tertiary/aromatic N) is 1. The van der Waals surface area contributed by atoms with Gasteiger partial charge in [-0.05, 0) is 48.4 Å². The van der Waals surface area contributed by atoms with Gasteiger partial charge in [0.05, 0.1) is 10.7 Å². The maximum atomic E-state index is 13.0. The van der Waals surface area contributed by atoms with Gasteiger partial charge in [0, 0.05) is 16.6 Å². The Balaban J connectivity index is 1.84. The van der Waals surface area contributed by atoms with E-state index in [1.165, 1.54) is 41.7 Å². The van der Waals surface area contributed by atoms with E-state index in [1.54, 1.807) is 0 Å². The Labute approximate surface area is 176 Å². The third-order valence-corrected chi connectivity index (χ3v) is 6.55. The van der Waals surface area contributed by atoms with Gasteiger partial charge in [0.2, 0.25) is 0 Å². The van der Waals surface area contributed by atoms with Gasteiger partial charge in [-0.25, -0.2) is 17.8 Å². The predicted molar refractivity (Wildman–Crippen MR) is 113 cm³/mol. The van der Waals surface area contributed by atoms with Crippen molar-refractivity contribution < 1.29 is 17.6 Å². The van der Waals surface area contributed by atoms with Crippen LogP contribution >= 0.6 is 22.9 Å². The molecule has 0 spiro atoms. The van der Waals surface area contributed by atoms with Crippen LogP contribution in [0.2, 0.25) is 5.02 Å². The van der Waals surface area contributed by atoms with E-state index in [-0.39, 0.29) is 27.1 Å². The summed E-state index contributed by atoms with van der Waals surface area (Å²) in [5.41, 5.74) is 1.13. The number of rotatable bonds is 6. The van der Waals surface area contributed by atoms with Crippen molar-refractivity contribution in [2.24, 2.45) is 0 Å². The third kappa shape index (κ3) is 5.11. The number of hydrogen-bond acceptors (Lipinski definition) is 5. The highest BCUT2D eigenvalue weighted by molar-refractivity contribution is 7.92. The van der Waals surface area contributed by atoms with Crippen molar-refractivity contribution in [1.82, 2.24) is 4.98 Å². The van der Waals surface area contributed by atoms with Crippen LogP contribution in [-0.4, -0.2) is 19.3 Å². The minimum atomic E-state index is -4.09. The smallest absolute Gasteiger partial charge is 0.263 e. The Morgan fingerprint density at radius 2 is 1.86 bits per heavy atom. The molecule has 0 aliphatic rings. The molecule has 0 atom stereocenters. The highest BCUT2D eigenvalue weighted by atomic mass is 35.5. The number of aromatic nitrogens is 1. The Kier molecular flexibility index (Phi) is 6.21. The van der Waals surface area contributed by atoms with Crippen LogP contribution < -0.4 is 10.0 Å². The normalized spacial score (nSPS) is 11.5. The first kappa shape index (κ1) is 21.2. The Morgan fingerprint density at radius 3 is 2.48 bits per heavy atom. The Bertz CT molecular complexity index is 1150. The molecule has 0 saturated carbocycles. The van der Waals surface area contributed by atoms with Crippen LogP contribution in [0.3, 0.4) is 0 Å². The van der Waals surface area contributed by atoms with Crippen LogP contribution in [0.1, 0.15) is 35.8 Å². The van der Waals surface area contributed by atoms with E-state index in [2.05, 4.69) is 15.0 Å². The van der Waals surface area contributed by atoms with Gasteiger partial charge in [0.15, 0.2) is 5.13 Å². The van der Waals surface area contributed by atoms with Crippen molar-refractivity contribution in [3.8, 4) is 0 Å². The van der Waals surface area contributed by atoms with Crippen LogP contribution in [0.15, 0.2) is 52.7 Å². The van der Waals surface area contributed by atoms with Gasteiger partial charge >= 0.3 is 0 Å².